The van der Waals surface area contributed by atoms with Crippen LogP contribution in [0.1, 0.15) is 297 Å². The number of aliphatic hydroxyl groups is 1. The Hall–Kier alpha value is -4.80. The summed E-state index contributed by atoms with van der Waals surface area (Å²) in [6.45, 7) is 4.48. The minimum Gasteiger partial charge on any atom is -0.462 e. The Morgan fingerprint density at radius 3 is 0.900 bits per heavy atom. The van der Waals surface area contributed by atoms with Crippen LogP contribution < -0.4 is 0 Å². The van der Waals surface area contributed by atoms with E-state index < -0.39 is 97.5 Å². The fraction of sp³-hybridized carbons (Fsp3) is 0.679. The van der Waals surface area contributed by atoms with E-state index in [0.29, 0.717) is 32.1 Å². The molecule has 0 aliphatic rings. The molecule has 3 N–H and O–H groups in total. The summed E-state index contributed by atoms with van der Waals surface area (Å²) in [5.74, 6) is -2.31. The van der Waals surface area contributed by atoms with E-state index in [9.17, 15) is 43.2 Å². The molecule has 0 spiro atoms. The van der Waals surface area contributed by atoms with Gasteiger partial charge >= 0.3 is 39.5 Å². The second-order valence-electron chi connectivity index (χ2n) is 25.2. The molecule has 0 radical (unpaired) electrons. The summed E-state index contributed by atoms with van der Waals surface area (Å²) in [4.78, 5) is 72.8. The largest absolute Gasteiger partial charge is 0.472 e. The van der Waals surface area contributed by atoms with Crippen LogP contribution in [-0.2, 0) is 65.4 Å². The second-order valence-corrected chi connectivity index (χ2v) is 28.1. The Kier molecular flexibility index (Phi) is 69.1. The molecule has 572 valence electrons. The first-order chi connectivity index (χ1) is 48.7. The highest BCUT2D eigenvalue weighted by Crippen LogP contribution is 2.45. The van der Waals surface area contributed by atoms with Crippen LogP contribution in [-0.4, -0.2) is 96.7 Å². The lowest BCUT2D eigenvalue weighted by Crippen LogP contribution is -2.30. The Bertz CT molecular complexity index is 2420. The van der Waals surface area contributed by atoms with Crippen LogP contribution in [0.4, 0.5) is 0 Å². The molecule has 19 heteroatoms. The van der Waals surface area contributed by atoms with Gasteiger partial charge in [-0.15, -0.1) is 0 Å². The topological polar surface area (TPSA) is 237 Å². The Morgan fingerprint density at radius 1 is 0.290 bits per heavy atom. The van der Waals surface area contributed by atoms with E-state index in [-0.39, 0.29) is 25.7 Å². The molecule has 0 saturated carbocycles. The highest BCUT2D eigenvalue weighted by atomic mass is 31.2. The van der Waals surface area contributed by atoms with Crippen molar-refractivity contribution in [1.82, 2.24) is 0 Å². The first-order valence-corrected chi connectivity index (χ1v) is 41.4. The predicted octanol–water partition coefficient (Wildman–Crippen LogP) is 22.1. The van der Waals surface area contributed by atoms with Crippen LogP contribution in [0.2, 0.25) is 0 Å². The molecule has 5 atom stereocenters. The summed E-state index contributed by atoms with van der Waals surface area (Å²) >= 11 is 0. The van der Waals surface area contributed by atoms with Gasteiger partial charge in [-0.25, -0.2) is 9.13 Å². The van der Waals surface area contributed by atoms with Crippen molar-refractivity contribution in [3.05, 3.63) is 134 Å². The smallest absolute Gasteiger partial charge is 0.462 e. The quantitative estimate of drug-likeness (QED) is 0.0169. The SMILES string of the molecule is CC/C=C\C/C=C\C/C=C\C/C=C\C/C=C\C/C=C\CCC(=O)OCC(COP(=O)(O)OCC(O)COP(=O)(O)OCC(COC(=O)CCCCCCCCCCCCCCC)OC(=O)CCCCCCC/C=C\CCCC)OC(=O)CCCCCC/C=C\C/C=C\C/C=C\C/C=C\CC. The number of ether oxygens (including phenoxy) is 4. The van der Waals surface area contributed by atoms with E-state index in [1.54, 1.807) is 0 Å². The van der Waals surface area contributed by atoms with Crippen molar-refractivity contribution in [2.45, 2.75) is 316 Å². The van der Waals surface area contributed by atoms with E-state index in [1.807, 2.05) is 18.2 Å². The van der Waals surface area contributed by atoms with Crippen LogP contribution in [0.15, 0.2) is 134 Å². The molecule has 0 fully saturated rings. The second kappa shape index (κ2) is 72.5. The molecule has 0 aliphatic heterocycles. The molecule has 0 aromatic rings. The van der Waals surface area contributed by atoms with Gasteiger partial charge < -0.3 is 33.8 Å². The third-order valence-corrected chi connectivity index (χ3v) is 17.5. The Morgan fingerprint density at radius 2 is 0.550 bits per heavy atom. The number of aliphatic hydroxyl groups excluding tert-OH is 1. The van der Waals surface area contributed by atoms with Gasteiger partial charge in [-0.05, 0) is 122 Å². The maximum absolute atomic E-state index is 13.1. The van der Waals surface area contributed by atoms with Crippen molar-refractivity contribution in [1.29, 1.82) is 0 Å². The molecule has 0 aromatic heterocycles. The van der Waals surface area contributed by atoms with Gasteiger partial charge in [0.15, 0.2) is 12.2 Å². The summed E-state index contributed by atoms with van der Waals surface area (Å²) < 4.78 is 68.3. The zero-order valence-corrected chi connectivity index (χ0v) is 64.1. The number of carbonyl (C=O) groups excluding carboxylic acids is 4. The molecule has 0 bridgehead atoms. The summed E-state index contributed by atoms with van der Waals surface area (Å²) in [6.07, 6.45) is 80.3. The fourth-order valence-electron chi connectivity index (χ4n) is 9.81. The van der Waals surface area contributed by atoms with E-state index in [4.69, 9.17) is 37.0 Å². The van der Waals surface area contributed by atoms with Crippen LogP contribution in [0.5, 0.6) is 0 Å². The van der Waals surface area contributed by atoms with E-state index in [1.165, 1.54) is 70.6 Å². The van der Waals surface area contributed by atoms with Crippen molar-refractivity contribution in [3.63, 3.8) is 0 Å². The summed E-state index contributed by atoms with van der Waals surface area (Å²) in [5.41, 5.74) is 0. The maximum atomic E-state index is 13.1. The first kappa shape index (κ1) is 95.2. The molecule has 17 nitrogen and oxygen atoms in total. The van der Waals surface area contributed by atoms with E-state index in [2.05, 4.69) is 143 Å². The number of esters is 4. The lowest BCUT2D eigenvalue weighted by Gasteiger charge is -2.21. The first-order valence-electron chi connectivity index (χ1n) is 38.4. The van der Waals surface area contributed by atoms with Crippen molar-refractivity contribution in [2.75, 3.05) is 39.6 Å². The van der Waals surface area contributed by atoms with Gasteiger partial charge in [-0.3, -0.25) is 37.3 Å². The van der Waals surface area contributed by atoms with Crippen LogP contribution in [0.25, 0.3) is 0 Å². The number of allylic oxidation sites excluding steroid dienone is 22. The molecule has 0 amide bonds. The van der Waals surface area contributed by atoms with Gasteiger partial charge in [0.25, 0.3) is 0 Å². The van der Waals surface area contributed by atoms with E-state index >= 15 is 0 Å². The Balaban J connectivity index is 5.43. The number of phosphoric ester groups is 2. The zero-order valence-electron chi connectivity index (χ0n) is 62.3. The van der Waals surface area contributed by atoms with Gasteiger partial charge in [0.05, 0.1) is 26.4 Å². The summed E-state index contributed by atoms with van der Waals surface area (Å²) in [6, 6.07) is 0. The maximum Gasteiger partial charge on any atom is 0.472 e. The molecule has 0 aromatic carbocycles. The van der Waals surface area contributed by atoms with Gasteiger partial charge in [0, 0.05) is 25.7 Å². The molecule has 0 aliphatic carbocycles. The van der Waals surface area contributed by atoms with Gasteiger partial charge in [0.2, 0.25) is 0 Å². The highest BCUT2D eigenvalue weighted by molar-refractivity contribution is 7.47. The highest BCUT2D eigenvalue weighted by Gasteiger charge is 2.30. The minimum absolute atomic E-state index is 0.0270. The molecule has 0 saturated heterocycles. The van der Waals surface area contributed by atoms with Gasteiger partial charge in [0.1, 0.15) is 19.3 Å². The standard InChI is InChI=1S/C81H136O17P2/c1-5-9-13-17-21-25-29-32-34-36-37-39-40-43-47-50-54-58-62-66-79(84)92-72-77(98-81(86)68-64-60-56-52-48-44-41-38-35-33-30-26-22-18-14-10-6-2)74-96-100(89,90)94-70-75(82)69-93-99(87,88)95-73-76(97-80(85)67-63-59-55-51-45-28-24-20-16-12-8-4)71-91-78(83)65-61-57-53-49-46-42-31-27-23-19-15-11-7-3/h9-10,13-14,20-22,24-26,32-35,37,39,41,43-44,47,54,58,75-77,82H,5-8,11-12,15-19,23,27-31,36,38,40,42,45-46,48-53,55-57,59-74H2,1-4H3,(H,87,88)(H,89,90)/b13-9-,14-10-,24-20-,25-21-,26-22-,34-32-,35-33-,39-37-,44-41-,47-43-,58-54-. The number of phosphoric acid groups is 2. The van der Waals surface area contributed by atoms with Crippen LogP contribution in [0.3, 0.4) is 0 Å². The Labute approximate surface area is 605 Å². The normalized spacial score (nSPS) is 14.7. The lowest BCUT2D eigenvalue weighted by molar-refractivity contribution is -0.161. The molecule has 0 heterocycles. The molecule has 0 rings (SSSR count). The number of rotatable bonds is 71. The zero-order chi connectivity index (χ0) is 73.2. The monoisotopic (exact) mass is 1440 g/mol. The van der Waals surface area contributed by atoms with Crippen molar-refractivity contribution in [3.8, 4) is 0 Å². The van der Waals surface area contributed by atoms with Crippen LogP contribution >= 0.6 is 15.6 Å². The van der Waals surface area contributed by atoms with Crippen LogP contribution in [0, 0.1) is 0 Å². The van der Waals surface area contributed by atoms with Gasteiger partial charge in [-0.2, -0.15) is 0 Å². The average molecular weight is 1440 g/mol. The number of carbonyl (C=O) groups is 4. The predicted molar refractivity (Wildman–Crippen MR) is 408 cm³/mol. The van der Waals surface area contributed by atoms with Crippen molar-refractivity contribution >= 4 is 39.5 Å². The molecular weight excluding hydrogens is 1310 g/mol. The third kappa shape index (κ3) is 71.6. The molecule has 100 heavy (non-hydrogen) atoms. The average Bonchev–Trinajstić information content (AvgIpc) is 0.930. The molecular formula is C81H136O17P2. The molecule has 5 unspecified atom stereocenters. The number of unbranched alkanes of at least 4 members (excludes halogenated alkanes) is 23. The number of hydrogen-bond donors (Lipinski definition) is 3. The summed E-state index contributed by atoms with van der Waals surface area (Å²) in [5, 5.41) is 10.6. The van der Waals surface area contributed by atoms with Crippen molar-refractivity contribution in [2.24, 2.45) is 0 Å². The van der Waals surface area contributed by atoms with Crippen molar-refractivity contribution < 1.29 is 80.2 Å². The van der Waals surface area contributed by atoms with Gasteiger partial charge in [-0.1, -0.05) is 283 Å². The lowest BCUT2D eigenvalue weighted by atomic mass is 10.0. The van der Waals surface area contributed by atoms with E-state index in [0.717, 1.165) is 141 Å². The minimum atomic E-state index is -5.00. The summed E-state index contributed by atoms with van der Waals surface area (Å²) in [7, 11) is -9.98. The third-order valence-electron chi connectivity index (χ3n) is 15.6. The number of hydrogen-bond acceptors (Lipinski definition) is 15. The fourth-order valence-corrected chi connectivity index (χ4v) is 11.4.